The standard InChI is InChI=1S/C15H19FN4O2/c1-11-14(15(21)19(2)9-4-10-22-3)17-18-20(11)13-7-5-12(16)6-8-13/h5-8H,4,9-10H2,1-3H3. The molecule has 1 heterocycles. The summed E-state index contributed by atoms with van der Waals surface area (Å²) in [6.07, 6.45) is 0.754. The van der Waals surface area contributed by atoms with Gasteiger partial charge in [-0.05, 0) is 37.6 Å². The monoisotopic (exact) mass is 306 g/mol. The molecular formula is C15H19FN4O2. The van der Waals surface area contributed by atoms with Crippen molar-refractivity contribution in [1.29, 1.82) is 0 Å². The molecule has 0 aliphatic carbocycles. The molecule has 0 saturated carbocycles. The van der Waals surface area contributed by atoms with Crippen LogP contribution in [0.1, 0.15) is 22.6 Å². The first-order chi connectivity index (χ1) is 10.5. The average Bonchev–Trinajstić information content (AvgIpc) is 2.89. The first-order valence-corrected chi connectivity index (χ1v) is 6.97. The van der Waals surface area contributed by atoms with Gasteiger partial charge in [-0.15, -0.1) is 5.10 Å². The van der Waals surface area contributed by atoms with E-state index in [-0.39, 0.29) is 11.7 Å². The highest BCUT2D eigenvalue weighted by Crippen LogP contribution is 2.14. The van der Waals surface area contributed by atoms with Gasteiger partial charge in [0, 0.05) is 27.3 Å². The number of aromatic nitrogens is 3. The Morgan fingerprint density at radius 1 is 1.36 bits per heavy atom. The van der Waals surface area contributed by atoms with E-state index in [1.54, 1.807) is 38.1 Å². The fraction of sp³-hybridized carbons (Fsp3) is 0.400. The lowest BCUT2D eigenvalue weighted by Gasteiger charge is -2.15. The third-order valence-electron chi connectivity index (χ3n) is 3.36. The van der Waals surface area contributed by atoms with Gasteiger partial charge in [-0.3, -0.25) is 4.79 Å². The van der Waals surface area contributed by atoms with E-state index in [4.69, 9.17) is 4.74 Å². The summed E-state index contributed by atoms with van der Waals surface area (Å²) in [7, 11) is 3.34. The van der Waals surface area contributed by atoms with Crippen molar-refractivity contribution in [2.45, 2.75) is 13.3 Å². The van der Waals surface area contributed by atoms with Gasteiger partial charge in [-0.2, -0.15) is 0 Å². The second-order valence-corrected chi connectivity index (χ2v) is 4.98. The number of halogens is 1. The van der Waals surface area contributed by atoms with Crippen molar-refractivity contribution in [2.75, 3.05) is 27.3 Å². The number of carbonyl (C=O) groups excluding carboxylic acids is 1. The maximum Gasteiger partial charge on any atom is 0.276 e. The quantitative estimate of drug-likeness (QED) is 0.764. The fourth-order valence-corrected chi connectivity index (χ4v) is 2.08. The van der Waals surface area contributed by atoms with Gasteiger partial charge in [0.25, 0.3) is 5.91 Å². The van der Waals surface area contributed by atoms with Gasteiger partial charge >= 0.3 is 0 Å². The zero-order chi connectivity index (χ0) is 16.1. The van der Waals surface area contributed by atoms with Gasteiger partial charge in [-0.1, -0.05) is 5.21 Å². The number of hydrogen-bond donors (Lipinski definition) is 0. The molecule has 0 radical (unpaired) electrons. The summed E-state index contributed by atoms with van der Waals surface area (Å²) in [5.41, 5.74) is 1.58. The summed E-state index contributed by atoms with van der Waals surface area (Å²) >= 11 is 0. The lowest BCUT2D eigenvalue weighted by atomic mass is 10.2. The van der Waals surface area contributed by atoms with Crippen molar-refractivity contribution in [3.8, 4) is 5.69 Å². The van der Waals surface area contributed by atoms with Crippen LogP contribution in [0.5, 0.6) is 0 Å². The van der Waals surface area contributed by atoms with Crippen molar-refractivity contribution in [3.05, 3.63) is 41.5 Å². The number of rotatable bonds is 6. The van der Waals surface area contributed by atoms with Gasteiger partial charge < -0.3 is 9.64 Å². The molecule has 0 N–H and O–H groups in total. The summed E-state index contributed by atoms with van der Waals surface area (Å²) < 4.78 is 19.5. The lowest BCUT2D eigenvalue weighted by molar-refractivity contribution is 0.0773. The fourth-order valence-electron chi connectivity index (χ4n) is 2.08. The highest BCUT2D eigenvalue weighted by Gasteiger charge is 2.20. The topological polar surface area (TPSA) is 60.2 Å². The molecule has 0 bridgehead atoms. The molecule has 0 aliphatic heterocycles. The van der Waals surface area contributed by atoms with Crippen LogP contribution in [-0.2, 0) is 4.74 Å². The minimum absolute atomic E-state index is 0.193. The normalized spacial score (nSPS) is 10.7. The molecule has 0 atom stereocenters. The molecular weight excluding hydrogens is 287 g/mol. The molecule has 118 valence electrons. The number of carbonyl (C=O) groups is 1. The molecule has 1 amide bonds. The van der Waals surface area contributed by atoms with Crippen molar-refractivity contribution < 1.29 is 13.9 Å². The Balaban J connectivity index is 2.16. The Labute approximate surface area is 128 Å². The number of amides is 1. The van der Waals surface area contributed by atoms with Gasteiger partial charge in [-0.25, -0.2) is 9.07 Å². The highest BCUT2D eigenvalue weighted by molar-refractivity contribution is 5.93. The van der Waals surface area contributed by atoms with Crippen LogP contribution in [0.2, 0.25) is 0 Å². The van der Waals surface area contributed by atoms with Gasteiger partial charge in [0.1, 0.15) is 5.82 Å². The molecule has 7 heteroatoms. The molecule has 0 spiro atoms. The first-order valence-electron chi connectivity index (χ1n) is 6.97. The molecule has 0 fully saturated rings. The van der Waals surface area contributed by atoms with Crippen molar-refractivity contribution in [2.24, 2.45) is 0 Å². The van der Waals surface area contributed by atoms with Crippen LogP contribution >= 0.6 is 0 Å². The van der Waals surface area contributed by atoms with E-state index in [0.29, 0.717) is 30.2 Å². The minimum Gasteiger partial charge on any atom is -0.385 e. The lowest BCUT2D eigenvalue weighted by Crippen LogP contribution is -2.29. The van der Waals surface area contributed by atoms with Crippen LogP contribution in [0.3, 0.4) is 0 Å². The summed E-state index contributed by atoms with van der Waals surface area (Å²) in [5.74, 6) is -0.516. The van der Waals surface area contributed by atoms with Crippen LogP contribution in [0.25, 0.3) is 5.69 Å². The number of benzene rings is 1. The largest absolute Gasteiger partial charge is 0.385 e. The summed E-state index contributed by atoms with van der Waals surface area (Å²) in [4.78, 5) is 14.0. The second-order valence-electron chi connectivity index (χ2n) is 4.98. The smallest absolute Gasteiger partial charge is 0.276 e. The number of nitrogens with zero attached hydrogens (tertiary/aromatic N) is 4. The van der Waals surface area contributed by atoms with E-state index in [0.717, 1.165) is 6.42 Å². The number of hydrogen-bond acceptors (Lipinski definition) is 4. The predicted molar refractivity (Wildman–Crippen MR) is 79.5 cm³/mol. The van der Waals surface area contributed by atoms with E-state index in [1.165, 1.54) is 16.8 Å². The molecule has 6 nitrogen and oxygen atoms in total. The van der Waals surface area contributed by atoms with E-state index in [1.807, 2.05) is 0 Å². The first kappa shape index (κ1) is 16.1. The van der Waals surface area contributed by atoms with Gasteiger partial charge in [0.15, 0.2) is 5.69 Å². The van der Waals surface area contributed by atoms with E-state index < -0.39 is 0 Å². The van der Waals surface area contributed by atoms with Gasteiger partial charge in [0.05, 0.1) is 11.4 Å². The summed E-state index contributed by atoms with van der Waals surface area (Å²) in [5, 5.41) is 7.95. The Morgan fingerprint density at radius 3 is 2.68 bits per heavy atom. The minimum atomic E-state index is -0.323. The second kappa shape index (κ2) is 7.13. The molecule has 0 aliphatic rings. The molecule has 0 unspecified atom stereocenters. The van der Waals surface area contributed by atoms with Crippen LogP contribution in [0, 0.1) is 12.7 Å². The van der Waals surface area contributed by atoms with Gasteiger partial charge in [0.2, 0.25) is 0 Å². The third-order valence-corrected chi connectivity index (χ3v) is 3.36. The summed E-state index contributed by atoms with van der Waals surface area (Å²) in [6.45, 7) is 2.94. The van der Waals surface area contributed by atoms with Crippen molar-refractivity contribution >= 4 is 5.91 Å². The van der Waals surface area contributed by atoms with Crippen LogP contribution in [-0.4, -0.2) is 53.1 Å². The molecule has 2 rings (SSSR count). The predicted octanol–water partition coefficient (Wildman–Crippen LogP) is 1.82. The van der Waals surface area contributed by atoms with Crippen molar-refractivity contribution in [1.82, 2.24) is 19.9 Å². The number of methoxy groups -OCH3 is 1. The maximum absolute atomic E-state index is 13.0. The SMILES string of the molecule is COCCCN(C)C(=O)c1nnn(-c2ccc(F)cc2)c1C. The van der Waals surface area contributed by atoms with E-state index in [9.17, 15) is 9.18 Å². The van der Waals surface area contributed by atoms with Crippen LogP contribution < -0.4 is 0 Å². The molecule has 1 aromatic carbocycles. The Bertz CT molecular complexity index is 639. The number of ether oxygens (including phenoxy) is 1. The molecule has 2 aromatic rings. The molecule has 1 aromatic heterocycles. The van der Waals surface area contributed by atoms with Crippen LogP contribution in [0.15, 0.2) is 24.3 Å². The zero-order valence-corrected chi connectivity index (χ0v) is 12.9. The van der Waals surface area contributed by atoms with Crippen LogP contribution in [0.4, 0.5) is 4.39 Å². The van der Waals surface area contributed by atoms with E-state index in [2.05, 4.69) is 10.3 Å². The molecule has 22 heavy (non-hydrogen) atoms. The average molecular weight is 306 g/mol. The Morgan fingerprint density at radius 2 is 2.05 bits per heavy atom. The summed E-state index contributed by atoms with van der Waals surface area (Å²) in [6, 6.07) is 5.87. The van der Waals surface area contributed by atoms with E-state index >= 15 is 0 Å². The molecule has 0 saturated heterocycles. The Kier molecular flexibility index (Phi) is 5.21. The Hall–Kier alpha value is -2.28. The zero-order valence-electron chi connectivity index (χ0n) is 12.9. The van der Waals surface area contributed by atoms with Crippen molar-refractivity contribution in [3.63, 3.8) is 0 Å². The third kappa shape index (κ3) is 3.48. The maximum atomic E-state index is 13.0. The highest BCUT2D eigenvalue weighted by atomic mass is 19.1.